The number of rotatable bonds is 2. The Bertz CT molecular complexity index is 449. The van der Waals surface area contributed by atoms with Crippen molar-refractivity contribution in [2.24, 2.45) is 0 Å². The molecule has 1 heterocycles. The summed E-state index contributed by atoms with van der Waals surface area (Å²) in [4.78, 5) is 12.2. The first-order chi connectivity index (χ1) is 8.18. The molecule has 0 saturated carbocycles. The molecule has 3 rings (SSSR count). The molecule has 1 fully saturated rings. The molecule has 3 nitrogen and oxygen atoms in total. The number of hydrogen-bond acceptors (Lipinski definition) is 2. The molecule has 90 valence electrons. The molecule has 1 amide bonds. The fourth-order valence-electron chi connectivity index (χ4n) is 2.80. The maximum atomic E-state index is 12.2. The highest BCUT2D eigenvalue weighted by atomic mass is 16.2. The Morgan fingerprint density at radius 3 is 3.00 bits per heavy atom. The highest BCUT2D eigenvalue weighted by Crippen LogP contribution is 2.35. The van der Waals surface area contributed by atoms with Crippen LogP contribution in [0.1, 0.15) is 30.4 Å². The third-order valence-electron chi connectivity index (χ3n) is 3.96. The van der Waals surface area contributed by atoms with E-state index in [-0.39, 0.29) is 17.4 Å². The van der Waals surface area contributed by atoms with Crippen LogP contribution in [0, 0.1) is 0 Å². The van der Waals surface area contributed by atoms with E-state index in [1.54, 1.807) is 0 Å². The van der Waals surface area contributed by atoms with E-state index in [9.17, 15) is 4.79 Å². The van der Waals surface area contributed by atoms with Gasteiger partial charge >= 0.3 is 0 Å². The number of fused-ring (bicyclic) bond motifs is 1. The van der Waals surface area contributed by atoms with Crippen LogP contribution in [0.3, 0.4) is 0 Å². The third kappa shape index (κ3) is 1.84. The summed E-state index contributed by atoms with van der Waals surface area (Å²) in [7, 11) is 0. The van der Waals surface area contributed by atoms with Crippen LogP contribution in [0.4, 0.5) is 0 Å². The van der Waals surface area contributed by atoms with Gasteiger partial charge in [0.05, 0.1) is 11.5 Å². The Labute approximate surface area is 102 Å². The van der Waals surface area contributed by atoms with Gasteiger partial charge in [-0.1, -0.05) is 24.3 Å². The predicted molar refractivity (Wildman–Crippen MR) is 66.9 cm³/mol. The summed E-state index contributed by atoms with van der Waals surface area (Å²) in [6, 6.07) is 8.22. The van der Waals surface area contributed by atoms with Crippen molar-refractivity contribution >= 4 is 5.91 Å². The minimum atomic E-state index is -0.0540. The lowest BCUT2D eigenvalue weighted by Gasteiger charge is -2.33. The lowest BCUT2D eigenvalue weighted by Crippen LogP contribution is -2.50. The minimum absolute atomic E-state index is 0.0540. The van der Waals surface area contributed by atoms with E-state index in [1.807, 2.05) is 12.1 Å². The third-order valence-corrected chi connectivity index (χ3v) is 3.96. The fraction of sp³-hybridized carbons (Fsp3) is 0.500. The topological polar surface area (TPSA) is 41.1 Å². The van der Waals surface area contributed by atoms with Gasteiger partial charge in [0.1, 0.15) is 0 Å². The maximum absolute atomic E-state index is 12.2. The zero-order chi connectivity index (χ0) is 11.9. The van der Waals surface area contributed by atoms with Crippen molar-refractivity contribution in [3.63, 3.8) is 0 Å². The molecule has 17 heavy (non-hydrogen) atoms. The molecule has 3 heteroatoms. The second-order valence-electron chi connectivity index (χ2n) is 5.43. The molecule has 2 atom stereocenters. The predicted octanol–water partition coefficient (Wildman–Crippen LogP) is 1.19. The van der Waals surface area contributed by atoms with Crippen LogP contribution in [0.15, 0.2) is 24.3 Å². The highest BCUT2D eigenvalue weighted by Gasteiger charge is 2.36. The van der Waals surface area contributed by atoms with Crippen LogP contribution in [0.2, 0.25) is 0 Å². The molecule has 0 aromatic heterocycles. The number of nitrogens with one attached hydrogen (secondary N) is 2. The van der Waals surface area contributed by atoms with E-state index in [2.05, 4.69) is 29.7 Å². The summed E-state index contributed by atoms with van der Waals surface area (Å²) in [5, 5.41) is 6.49. The second kappa shape index (κ2) is 3.84. The molecular weight excluding hydrogens is 212 g/mol. The Balaban J connectivity index is 1.69. The smallest absolute Gasteiger partial charge is 0.228 e. The Kier molecular flexibility index (Phi) is 2.44. The van der Waals surface area contributed by atoms with Gasteiger partial charge in [-0.3, -0.25) is 4.79 Å². The SMILES string of the molecule is CC1(NC(=O)C2Cc3ccccc32)CCNC1. The zero-order valence-electron chi connectivity index (χ0n) is 10.1. The summed E-state index contributed by atoms with van der Waals surface area (Å²) >= 11 is 0. The summed E-state index contributed by atoms with van der Waals surface area (Å²) in [6.45, 7) is 4.00. The number of benzene rings is 1. The minimum Gasteiger partial charge on any atom is -0.349 e. The number of amides is 1. The van der Waals surface area contributed by atoms with Crippen molar-refractivity contribution in [1.29, 1.82) is 0 Å². The van der Waals surface area contributed by atoms with E-state index in [0.29, 0.717) is 0 Å². The second-order valence-corrected chi connectivity index (χ2v) is 5.43. The van der Waals surface area contributed by atoms with Crippen LogP contribution in [-0.4, -0.2) is 24.5 Å². The van der Waals surface area contributed by atoms with Gasteiger partial charge in [0, 0.05) is 6.54 Å². The molecule has 0 bridgehead atoms. The van der Waals surface area contributed by atoms with Gasteiger partial charge in [0.25, 0.3) is 0 Å². The van der Waals surface area contributed by atoms with Crippen molar-refractivity contribution < 1.29 is 4.79 Å². The first-order valence-corrected chi connectivity index (χ1v) is 6.28. The van der Waals surface area contributed by atoms with Gasteiger partial charge in [0.15, 0.2) is 0 Å². The normalized spacial score (nSPS) is 30.5. The number of carbonyl (C=O) groups excluding carboxylic acids is 1. The van der Waals surface area contributed by atoms with Crippen LogP contribution in [0.5, 0.6) is 0 Å². The summed E-state index contributed by atoms with van der Waals surface area (Å²) in [6.07, 6.45) is 1.92. The summed E-state index contributed by atoms with van der Waals surface area (Å²) in [5.74, 6) is 0.263. The first-order valence-electron chi connectivity index (χ1n) is 6.28. The van der Waals surface area contributed by atoms with E-state index < -0.39 is 0 Å². The van der Waals surface area contributed by atoms with Gasteiger partial charge in [-0.15, -0.1) is 0 Å². The van der Waals surface area contributed by atoms with Gasteiger partial charge in [0.2, 0.25) is 5.91 Å². The number of carbonyl (C=O) groups is 1. The summed E-state index contributed by atoms with van der Waals surface area (Å²) < 4.78 is 0. The highest BCUT2D eigenvalue weighted by molar-refractivity contribution is 5.87. The molecule has 2 aliphatic rings. The van der Waals surface area contributed by atoms with Gasteiger partial charge in [-0.05, 0) is 37.4 Å². The first kappa shape index (κ1) is 10.8. The van der Waals surface area contributed by atoms with E-state index >= 15 is 0 Å². The van der Waals surface area contributed by atoms with E-state index in [1.165, 1.54) is 11.1 Å². The number of hydrogen-bond donors (Lipinski definition) is 2. The zero-order valence-corrected chi connectivity index (χ0v) is 10.1. The molecule has 0 radical (unpaired) electrons. The monoisotopic (exact) mass is 230 g/mol. The van der Waals surface area contributed by atoms with Crippen molar-refractivity contribution in [1.82, 2.24) is 10.6 Å². The molecule has 0 spiro atoms. The lowest BCUT2D eigenvalue weighted by atomic mass is 9.76. The van der Waals surface area contributed by atoms with Crippen molar-refractivity contribution in [3.05, 3.63) is 35.4 Å². The molecule has 2 unspecified atom stereocenters. The van der Waals surface area contributed by atoms with Crippen LogP contribution >= 0.6 is 0 Å². The Morgan fingerprint density at radius 1 is 1.47 bits per heavy atom. The molecule has 1 aliphatic heterocycles. The van der Waals surface area contributed by atoms with E-state index in [0.717, 1.165) is 25.9 Å². The summed E-state index contributed by atoms with van der Waals surface area (Å²) in [5.41, 5.74) is 2.48. The molecule has 1 aromatic rings. The molecule has 2 N–H and O–H groups in total. The van der Waals surface area contributed by atoms with Crippen LogP contribution in [-0.2, 0) is 11.2 Å². The Hall–Kier alpha value is -1.35. The molecular formula is C14H18N2O. The van der Waals surface area contributed by atoms with Crippen molar-refractivity contribution in [3.8, 4) is 0 Å². The molecule has 1 aliphatic carbocycles. The molecule has 1 saturated heterocycles. The van der Waals surface area contributed by atoms with Crippen LogP contribution < -0.4 is 10.6 Å². The van der Waals surface area contributed by atoms with Gasteiger partial charge in [-0.25, -0.2) is 0 Å². The lowest BCUT2D eigenvalue weighted by molar-refractivity contribution is -0.124. The van der Waals surface area contributed by atoms with E-state index in [4.69, 9.17) is 0 Å². The maximum Gasteiger partial charge on any atom is 0.228 e. The van der Waals surface area contributed by atoms with Crippen molar-refractivity contribution in [2.45, 2.75) is 31.2 Å². The standard InChI is InChI=1S/C14H18N2O/c1-14(6-7-15-9-14)16-13(17)12-8-10-4-2-3-5-11(10)12/h2-5,12,15H,6-9H2,1H3,(H,16,17). The van der Waals surface area contributed by atoms with Crippen molar-refractivity contribution in [2.75, 3.05) is 13.1 Å². The molecule has 1 aromatic carbocycles. The largest absolute Gasteiger partial charge is 0.349 e. The average molecular weight is 230 g/mol. The average Bonchev–Trinajstić information content (AvgIpc) is 2.66. The fourth-order valence-corrected chi connectivity index (χ4v) is 2.80. The quantitative estimate of drug-likeness (QED) is 0.801. The van der Waals surface area contributed by atoms with Crippen LogP contribution in [0.25, 0.3) is 0 Å². The Morgan fingerprint density at radius 2 is 2.29 bits per heavy atom. The van der Waals surface area contributed by atoms with Gasteiger partial charge in [-0.2, -0.15) is 0 Å². The van der Waals surface area contributed by atoms with Gasteiger partial charge < -0.3 is 10.6 Å².